The maximum Gasteiger partial charge on any atom is 0.342 e. The number of halogens is 2. The Balaban J connectivity index is 2.00. The van der Waals surface area contributed by atoms with Gasteiger partial charge in [0, 0.05) is 5.02 Å². The van der Waals surface area contributed by atoms with Crippen LogP contribution in [-0.4, -0.2) is 25.6 Å². The third kappa shape index (κ3) is 4.45. The molecule has 2 aromatic rings. The van der Waals surface area contributed by atoms with E-state index in [9.17, 15) is 14.0 Å². The molecule has 0 aliphatic carbocycles. The number of benzene rings is 2. The van der Waals surface area contributed by atoms with Crippen molar-refractivity contribution < 1.29 is 23.5 Å². The topological polar surface area (TPSA) is 64.6 Å². The molecule has 0 saturated heterocycles. The van der Waals surface area contributed by atoms with Crippen LogP contribution < -0.4 is 10.1 Å². The highest BCUT2D eigenvalue weighted by Crippen LogP contribution is 2.21. The predicted octanol–water partition coefficient (Wildman–Crippen LogP) is 3.59. The van der Waals surface area contributed by atoms with Gasteiger partial charge in [-0.25, -0.2) is 9.18 Å². The fourth-order valence-corrected chi connectivity index (χ4v) is 2.14. The van der Waals surface area contributed by atoms with Gasteiger partial charge in [0.25, 0.3) is 5.91 Å². The monoisotopic (exact) mass is 351 g/mol. The van der Waals surface area contributed by atoms with Crippen molar-refractivity contribution in [1.29, 1.82) is 0 Å². The van der Waals surface area contributed by atoms with Gasteiger partial charge in [-0.15, -0.1) is 0 Å². The molecule has 5 nitrogen and oxygen atoms in total. The molecule has 0 fully saturated rings. The number of amides is 1. The zero-order valence-corrected chi connectivity index (χ0v) is 13.8. The SMILES string of the molecule is COc1ccc(C)cc1C(=O)OCC(=O)Nc1cc(Cl)ccc1F. The molecular formula is C17H15ClFNO4. The first-order chi connectivity index (χ1) is 11.4. The summed E-state index contributed by atoms with van der Waals surface area (Å²) in [5.41, 5.74) is 0.962. The van der Waals surface area contributed by atoms with Crippen molar-refractivity contribution in [3.63, 3.8) is 0 Å². The molecule has 0 heterocycles. The predicted molar refractivity (Wildman–Crippen MR) is 88.1 cm³/mol. The lowest BCUT2D eigenvalue weighted by Crippen LogP contribution is -2.21. The summed E-state index contributed by atoms with van der Waals surface area (Å²) >= 11 is 5.74. The maximum atomic E-state index is 13.5. The van der Waals surface area contributed by atoms with Gasteiger partial charge in [-0.3, -0.25) is 4.79 Å². The number of aryl methyl sites for hydroxylation is 1. The fourth-order valence-electron chi connectivity index (χ4n) is 1.97. The molecule has 1 amide bonds. The molecule has 126 valence electrons. The number of carbonyl (C=O) groups is 2. The molecule has 0 aliphatic heterocycles. The average Bonchev–Trinajstić information content (AvgIpc) is 2.56. The zero-order valence-electron chi connectivity index (χ0n) is 13.1. The third-order valence-electron chi connectivity index (χ3n) is 3.11. The van der Waals surface area contributed by atoms with Crippen LogP contribution in [0.1, 0.15) is 15.9 Å². The zero-order chi connectivity index (χ0) is 17.7. The second kappa shape index (κ2) is 7.79. The Morgan fingerprint density at radius 2 is 1.96 bits per heavy atom. The highest BCUT2D eigenvalue weighted by Gasteiger charge is 2.16. The number of anilines is 1. The number of esters is 1. The van der Waals surface area contributed by atoms with E-state index in [1.165, 1.54) is 19.2 Å². The average molecular weight is 352 g/mol. The molecule has 2 aromatic carbocycles. The van der Waals surface area contributed by atoms with E-state index in [1.54, 1.807) is 18.2 Å². The molecule has 0 radical (unpaired) electrons. The Hall–Kier alpha value is -2.60. The van der Waals surface area contributed by atoms with Gasteiger partial charge in [0.1, 0.15) is 17.1 Å². The molecule has 0 aliphatic rings. The standard InChI is InChI=1S/C17H15ClFNO4/c1-10-3-6-15(23-2)12(7-10)17(22)24-9-16(21)20-14-8-11(18)4-5-13(14)19/h3-8H,9H2,1-2H3,(H,20,21). The Bertz CT molecular complexity index is 779. The third-order valence-corrected chi connectivity index (χ3v) is 3.35. The molecule has 0 saturated carbocycles. The molecular weight excluding hydrogens is 337 g/mol. The lowest BCUT2D eigenvalue weighted by atomic mass is 10.1. The van der Waals surface area contributed by atoms with Gasteiger partial charge < -0.3 is 14.8 Å². The Kier molecular flexibility index (Phi) is 5.76. The number of hydrogen-bond acceptors (Lipinski definition) is 4. The summed E-state index contributed by atoms with van der Waals surface area (Å²) in [5, 5.41) is 2.56. The molecule has 0 spiro atoms. The van der Waals surface area contributed by atoms with Crippen molar-refractivity contribution in [2.75, 3.05) is 19.0 Å². The molecule has 0 aromatic heterocycles. The summed E-state index contributed by atoms with van der Waals surface area (Å²) in [6, 6.07) is 8.76. The van der Waals surface area contributed by atoms with Crippen molar-refractivity contribution >= 4 is 29.2 Å². The highest BCUT2D eigenvalue weighted by atomic mass is 35.5. The maximum absolute atomic E-state index is 13.5. The lowest BCUT2D eigenvalue weighted by molar-refractivity contribution is -0.119. The van der Waals surface area contributed by atoms with Crippen LogP contribution in [0.2, 0.25) is 5.02 Å². The van der Waals surface area contributed by atoms with Crippen LogP contribution in [-0.2, 0) is 9.53 Å². The summed E-state index contributed by atoms with van der Waals surface area (Å²) < 4.78 is 23.6. The summed E-state index contributed by atoms with van der Waals surface area (Å²) in [7, 11) is 1.43. The van der Waals surface area contributed by atoms with Gasteiger partial charge in [-0.05, 0) is 37.3 Å². The van der Waals surface area contributed by atoms with Crippen LogP contribution in [0.5, 0.6) is 5.75 Å². The van der Waals surface area contributed by atoms with Crippen molar-refractivity contribution in [2.24, 2.45) is 0 Å². The van der Waals surface area contributed by atoms with Crippen molar-refractivity contribution in [3.8, 4) is 5.75 Å². The van der Waals surface area contributed by atoms with Crippen molar-refractivity contribution in [1.82, 2.24) is 0 Å². The summed E-state index contributed by atoms with van der Waals surface area (Å²) in [6.07, 6.45) is 0. The summed E-state index contributed by atoms with van der Waals surface area (Å²) in [6.45, 7) is 1.24. The van der Waals surface area contributed by atoms with E-state index in [1.807, 2.05) is 6.92 Å². The minimum Gasteiger partial charge on any atom is -0.496 e. The van der Waals surface area contributed by atoms with E-state index in [0.29, 0.717) is 5.75 Å². The highest BCUT2D eigenvalue weighted by molar-refractivity contribution is 6.30. The number of nitrogens with one attached hydrogen (secondary N) is 1. The Morgan fingerprint density at radius 3 is 2.67 bits per heavy atom. The largest absolute Gasteiger partial charge is 0.496 e. The second-order valence-corrected chi connectivity index (χ2v) is 5.39. The van der Waals surface area contributed by atoms with Crippen LogP contribution in [0.3, 0.4) is 0 Å². The smallest absolute Gasteiger partial charge is 0.342 e. The second-order valence-electron chi connectivity index (χ2n) is 4.95. The number of ether oxygens (including phenoxy) is 2. The molecule has 1 N–H and O–H groups in total. The molecule has 7 heteroatoms. The van der Waals surface area contributed by atoms with Gasteiger partial charge >= 0.3 is 5.97 Å². The van der Waals surface area contributed by atoms with Gasteiger partial charge in [0.15, 0.2) is 6.61 Å². The lowest BCUT2D eigenvalue weighted by Gasteiger charge is -2.10. The van der Waals surface area contributed by atoms with E-state index in [4.69, 9.17) is 21.1 Å². The molecule has 24 heavy (non-hydrogen) atoms. The minimum absolute atomic E-state index is 0.0864. The molecule has 2 rings (SSSR count). The fraction of sp³-hybridized carbons (Fsp3) is 0.176. The molecule has 0 atom stereocenters. The van der Waals surface area contributed by atoms with Gasteiger partial charge in [-0.2, -0.15) is 0 Å². The van der Waals surface area contributed by atoms with E-state index >= 15 is 0 Å². The minimum atomic E-state index is -0.711. The first kappa shape index (κ1) is 17.7. The first-order valence-corrected chi connectivity index (χ1v) is 7.35. The van der Waals surface area contributed by atoms with Crippen LogP contribution in [0.25, 0.3) is 0 Å². The Morgan fingerprint density at radius 1 is 1.21 bits per heavy atom. The number of carbonyl (C=O) groups excluding carboxylic acids is 2. The van der Waals surface area contributed by atoms with Crippen LogP contribution in [0.4, 0.5) is 10.1 Å². The number of hydrogen-bond donors (Lipinski definition) is 1. The van der Waals surface area contributed by atoms with Gasteiger partial charge in [0.2, 0.25) is 0 Å². The molecule has 0 unspecified atom stereocenters. The first-order valence-electron chi connectivity index (χ1n) is 6.97. The van der Waals surface area contributed by atoms with Crippen LogP contribution >= 0.6 is 11.6 Å². The van der Waals surface area contributed by atoms with Crippen LogP contribution in [0, 0.1) is 12.7 Å². The van der Waals surface area contributed by atoms with Crippen molar-refractivity contribution in [3.05, 3.63) is 58.4 Å². The van der Waals surface area contributed by atoms with E-state index in [0.717, 1.165) is 11.6 Å². The normalized spacial score (nSPS) is 10.2. The van der Waals surface area contributed by atoms with E-state index < -0.39 is 24.3 Å². The molecule has 0 bridgehead atoms. The summed E-state index contributed by atoms with van der Waals surface area (Å²) in [5.74, 6) is -1.69. The van der Waals surface area contributed by atoms with Gasteiger partial charge in [-0.1, -0.05) is 23.2 Å². The number of methoxy groups -OCH3 is 1. The van der Waals surface area contributed by atoms with Crippen LogP contribution in [0.15, 0.2) is 36.4 Å². The van der Waals surface area contributed by atoms with Gasteiger partial charge in [0.05, 0.1) is 12.8 Å². The van der Waals surface area contributed by atoms with Crippen molar-refractivity contribution in [2.45, 2.75) is 6.92 Å². The van der Waals surface area contributed by atoms with E-state index in [-0.39, 0.29) is 16.3 Å². The van der Waals surface area contributed by atoms with E-state index in [2.05, 4.69) is 5.32 Å². The Labute approximate surface area is 143 Å². The number of rotatable bonds is 5. The summed E-state index contributed by atoms with van der Waals surface area (Å²) in [4.78, 5) is 23.9. The quantitative estimate of drug-likeness (QED) is 0.836.